The molecule has 0 radical (unpaired) electrons. The van der Waals surface area contributed by atoms with Crippen molar-refractivity contribution in [3.8, 4) is 5.75 Å². The largest absolute Gasteiger partial charge is 0.508 e. The van der Waals surface area contributed by atoms with E-state index in [1.165, 1.54) is 11.0 Å². The molecular formula is C23H28N3O7+. The van der Waals surface area contributed by atoms with Crippen molar-refractivity contribution in [2.45, 2.75) is 24.5 Å². The van der Waals surface area contributed by atoms with Crippen LogP contribution < -0.4 is 10.6 Å². The fraction of sp³-hybridized carbons (Fsp3) is 0.435. The van der Waals surface area contributed by atoms with Crippen LogP contribution in [-0.4, -0.2) is 82.6 Å². The minimum Gasteiger partial charge on any atom is -0.508 e. The van der Waals surface area contributed by atoms with E-state index in [0.717, 1.165) is 5.69 Å². The van der Waals surface area contributed by atoms with Gasteiger partial charge in [0.15, 0.2) is 22.7 Å². The predicted octanol–water partition coefficient (Wildman–Crippen LogP) is -0.687. The highest BCUT2D eigenvalue weighted by Gasteiger charge is 2.64. The van der Waals surface area contributed by atoms with E-state index in [1.54, 1.807) is 20.2 Å². The molecule has 4 unspecified atom stereocenters. The maximum absolute atomic E-state index is 13.7. The second-order valence-electron chi connectivity index (χ2n) is 9.37. The Balaban J connectivity index is 1.99. The lowest BCUT2D eigenvalue weighted by Crippen LogP contribution is -2.68. The van der Waals surface area contributed by atoms with Crippen molar-refractivity contribution in [2.75, 3.05) is 33.1 Å². The summed E-state index contributed by atoms with van der Waals surface area (Å²) < 4.78 is 0. The number of aliphatic hydroxyl groups is 3. The third-order valence-corrected chi connectivity index (χ3v) is 7.09. The maximum Gasteiger partial charge on any atom is 0.348 e. The first-order chi connectivity index (χ1) is 15.3. The first-order valence-electron chi connectivity index (χ1n) is 10.6. The Hall–Kier alpha value is -3.21. The highest BCUT2D eigenvalue weighted by Crippen LogP contribution is 2.53. The zero-order chi connectivity index (χ0) is 24.6. The van der Waals surface area contributed by atoms with E-state index in [0.29, 0.717) is 5.56 Å². The number of benzene rings is 1. The highest BCUT2D eigenvalue weighted by molar-refractivity contribution is 6.22. The molecule has 3 aliphatic carbocycles. The zero-order valence-corrected chi connectivity index (χ0v) is 18.9. The van der Waals surface area contributed by atoms with Gasteiger partial charge in [0.25, 0.3) is 0 Å². The van der Waals surface area contributed by atoms with Crippen LogP contribution in [0.4, 0.5) is 5.69 Å². The van der Waals surface area contributed by atoms with Crippen molar-refractivity contribution >= 4 is 28.9 Å². The summed E-state index contributed by atoms with van der Waals surface area (Å²) >= 11 is 0. The number of rotatable bonds is 3. The minimum absolute atomic E-state index is 0.0842. The first-order valence-corrected chi connectivity index (χ1v) is 10.6. The van der Waals surface area contributed by atoms with Crippen LogP contribution in [-0.2, 0) is 20.8 Å². The number of carbonyl (C=O) groups is 3. The van der Waals surface area contributed by atoms with Gasteiger partial charge in [-0.15, -0.1) is 0 Å². The van der Waals surface area contributed by atoms with Gasteiger partial charge in [-0.2, -0.15) is 0 Å². The fourth-order valence-electron chi connectivity index (χ4n) is 5.68. The summed E-state index contributed by atoms with van der Waals surface area (Å²) in [6.07, 6.45) is 0.357. The Morgan fingerprint density at radius 1 is 1.12 bits per heavy atom. The van der Waals surface area contributed by atoms with Gasteiger partial charge in [0, 0.05) is 31.3 Å². The molecule has 4 atom stereocenters. The first kappa shape index (κ1) is 23.0. The topological polar surface area (TPSA) is 166 Å². The van der Waals surface area contributed by atoms with Crippen molar-refractivity contribution in [2.24, 2.45) is 11.8 Å². The van der Waals surface area contributed by atoms with Crippen LogP contribution in [0.15, 0.2) is 29.0 Å². The summed E-state index contributed by atoms with van der Waals surface area (Å²) in [7, 11) is 6.80. The van der Waals surface area contributed by atoms with Crippen molar-refractivity contribution in [1.29, 1.82) is 0 Å². The average Bonchev–Trinajstić information content (AvgIpc) is 2.70. The van der Waals surface area contributed by atoms with Gasteiger partial charge in [-0.05, 0) is 50.6 Å². The molecular weight excluding hydrogens is 430 g/mol. The van der Waals surface area contributed by atoms with Crippen LogP contribution in [0.3, 0.4) is 0 Å². The normalized spacial score (nSPS) is 29.1. The van der Waals surface area contributed by atoms with E-state index in [1.807, 2.05) is 19.0 Å². The van der Waals surface area contributed by atoms with Gasteiger partial charge in [-0.1, -0.05) is 0 Å². The van der Waals surface area contributed by atoms with Crippen molar-refractivity contribution in [3.63, 3.8) is 0 Å². The molecule has 33 heavy (non-hydrogen) atoms. The molecule has 4 rings (SSSR count). The third-order valence-electron chi connectivity index (χ3n) is 7.09. The second kappa shape index (κ2) is 7.41. The number of anilines is 1. The summed E-state index contributed by atoms with van der Waals surface area (Å²) in [5, 5.41) is 44.0. The molecule has 0 aromatic heterocycles. The Morgan fingerprint density at radius 3 is 2.30 bits per heavy atom. The van der Waals surface area contributed by atoms with Crippen LogP contribution in [0, 0.1) is 11.8 Å². The van der Waals surface area contributed by atoms with Gasteiger partial charge in [-0.3, -0.25) is 20.2 Å². The minimum atomic E-state index is -2.59. The number of amides is 1. The number of Topliss-reactive ketones (excluding diaryl/α,β-unsaturated/α-hetero) is 2. The Kier molecular flexibility index (Phi) is 5.15. The number of fused-ring (bicyclic) bond motifs is 3. The Bertz CT molecular complexity index is 1170. The van der Waals surface area contributed by atoms with Gasteiger partial charge < -0.3 is 25.3 Å². The lowest BCUT2D eigenvalue weighted by atomic mass is 9.57. The highest BCUT2D eigenvalue weighted by atomic mass is 16.3. The third kappa shape index (κ3) is 2.94. The monoisotopic (exact) mass is 458 g/mol. The van der Waals surface area contributed by atoms with E-state index in [9.17, 15) is 34.8 Å². The van der Waals surface area contributed by atoms with Crippen LogP contribution in [0.2, 0.25) is 0 Å². The molecule has 1 amide bonds. The van der Waals surface area contributed by atoms with Crippen molar-refractivity contribution < 1.29 is 40.5 Å². The molecule has 10 nitrogen and oxygen atoms in total. The molecule has 176 valence electrons. The average molecular weight is 458 g/mol. The smallest absolute Gasteiger partial charge is 0.348 e. The molecule has 7 N–H and O–H groups in total. The Morgan fingerprint density at radius 2 is 1.76 bits per heavy atom. The lowest BCUT2D eigenvalue weighted by Gasteiger charge is -2.50. The number of quaternary nitrogens is 1. The number of carbonyl (C=O) groups excluding carboxylic acids is 3. The van der Waals surface area contributed by atoms with Gasteiger partial charge in [0.05, 0.1) is 11.6 Å². The molecule has 0 aliphatic heterocycles. The van der Waals surface area contributed by atoms with Gasteiger partial charge >= 0.3 is 5.91 Å². The number of likely N-dealkylation sites (N-methyl/N-ethyl adjacent to an activating group) is 1. The molecule has 0 saturated heterocycles. The number of ketones is 2. The quantitative estimate of drug-likeness (QED) is 0.369. The van der Waals surface area contributed by atoms with Crippen molar-refractivity contribution in [1.82, 2.24) is 4.90 Å². The van der Waals surface area contributed by atoms with Crippen molar-refractivity contribution in [3.05, 3.63) is 40.2 Å². The molecule has 10 heteroatoms. The van der Waals surface area contributed by atoms with E-state index >= 15 is 0 Å². The van der Waals surface area contributed by atoms with Crippen LogP contribution in [0.25, 0.3) is 5.76 Å². The lowest BCUT2D eigenvalue weighted by molar-refractivity contribution is -0.299. The second-order valence-corrected chi connectivity index (χ2v) is 9.37. The Labute approximate surface area is 190 Å². The van der Waals surface area contributed by atoms with Gasteiger partial charge in [0.1, 0.15) is 11.5 Å². The van der Waals surface area contributed by atoms with Gasteiger partial charge in [0.2, 0.25) is 5.78 Å². The van der Waals surface area contributed by atoms with E-state index in [4.69, 9.17) is 0 Å². The molecule has 1 fully saturated rings. The van der Waals surface area contributed by atoms with E-state index in [-0.39, 0.29) is 29.7 Å². The number of aromatic hydroxyl groups is 1. The zero-order valence-electron chi connectivity index (χ0n) is 18.9. The molecule has 3 aliphatic rings. The number of nitrogens with zero attached hydrogens (tertiary/aromatic N) is 2. The van der Waals surface area contributed by atoms with E-state index in [2.05, 4.69) is 5.73 Å². The molecule has 0 heterocycles. The standard InChI is InChI=1S/C23H27N3O7/c1-25(2)12-5-6-13(27)15-10(12)7-9-8-11-17(26(3)4)19(29)16(22(24)32)21(31)23(11,33)20(30)14(9)18(15)28/h5-6,9,11,17,27-28,31,33H,7-8H2,1-4H3,(H2,24,32)/p+1. The number of hydrogen-bond acceptors (Lipinski definition) is 9. The number of hydrogen-bond donors (Lipinski definition) is 5. The fourth-order valence-corrected chi connectivity index (χ4v) is 5.68. The molecule has 1 saturated carbocycles. The summed E-state index contributed by atoms with van der Waals surface area (Å²) in [6.45, 7) is 0. The predicted molar refractivity (Wildman–Crippen MR) is 117 cm³/mol. The molecule has 0 bridgehead atoms. The van der Waals surface area contributed by atoms with Crippen LogP contribution >= 0.6 is 0 Å². The van der Waals surface area contributed by atoms with Gasteiger partial charge in [-0.25, -0.2) is 4.79 Å². The van der Waals surface area contributed by atoms with E-state index < -0.39 is 58.0 Å². The summed E-state index contributed by atoms with van der Waals surface area (Å²) in [5.41, 5.74) is 1.24. The van der Waals surface area contributed by atoms with Crippen LogP contribution in [0.1, 0.15) is 17.5 Å². The van der Waals surface area contributed by atoms with Crippen LogP contribution in [0.5, 0.6) is 5.75 Å². The molecule has 1 aromatic carbocycles. The number of aliphatic hydroxyl groups excluding tert-OH is 2. The number of phenols is 1. The summed E-state index contributed by atoms with van der Waals surface area (Å²) in [5.74, 6) is -6.07. The summed E-state index contributed by atoms with van der Waals surface area (Å²) in [4.78, 5) is 42.2. The summed E-state index contributed by atoms with van der Waals surface area (Å²) in [6, 6.07) is 2.06. The molecule has 0 spiro atoms. The number of phenolic OH excluding ortho intramolecular Hbond substituents is 1. The maximum atomic E-state index is 13.7. The molecule has 1 aromatic rings. The SMILES string of the molecule is CN(C)c1ccc(O)c2c1CC1CC3C(N(C)C)C(=O)C(C([NH3+])=O)=C(O)C3(O)C(=O)C1=C2O.